The van der Waals surface area contributed by atoms with Gasteiger partial charge >= 0.3 is 0 Å². The summed E-state index contributed by atoms with van der Waals surface area (Å²) in [5.41, 5.74) is 1.83. The van der Waals surface area contributed by atoms with Crippen molar-refractivity contribution in [1.82, 2.24) is 4.90 Å². The zero-order chi connectivity index (χ0) is 14.0. The van der Waals surface area contributed by atoms with Crippen molar-refractivity contribution in [3.8, 4) is 0 Å². The maximum atomic E-state index is 11.8. The Kier molecular flexibility index (Phi) is 4.63. The summed E-state index contributed by atoms with van der Waals surface area (Å²) >= 11 is 3.44. The van der Waals surface area contributed by atoms with Crippen LogP contribution in [-0.4, -0.2) is 43.9 Å². The van der Waals surface area contributed by atoms with E-state index in [4.69, 9.17) is 0 Å². The highest BCUT2D eigenvalue weighted by atomic mass is 79.9. The first-order chi connectivity index (χ1) is 8.99. The smallest absolute Gasteiger partial charge is 0.161 e. The fourth-order valence-corrected chi connectivity index (χ4v) is 3.11. The normalized spacial score (nSPS) is 20.3. The van der Waals surface area contributed by atoms with Crippen LogP contribution in [0.5, 0.6) is 0 Å². The van der Waals surface area contributed by atoms with E-state index >= 15 is 0 Å². The third kappa shape index (κ3) is 3.37. The lowest BCUT2D eigenvalue weighted by molar-refractivity contribution is 0.101. The molecule has 4 heteroatoms. The summed E-state index contributed by atoms with van der Waals surface area (Å²) in [5, 5.41) is 0. The van der Waals surface area contributed by atoms with Crippen molar-refractivity contribution in [3.63, 3.8) is 0 Å². The minimum absolute atomic E-state index is 0.118. The van der Waals surface area contributed by atoms with Gasteiger partial charge in [0, 0.05) is 35.4 Å². The highest BCUT2D eigenvalue weighted by Crippen LogP contribution is 2.27. The van der Waals surface area contributed by atoms with Gasteiger partial charge in [0.2, 0.25) is 0 Å². The number of rotatable bonds is 3. The van der Waals surface area contributed by atoms with Crippen molar-refractivity contribution < 1.29 is 4.79 Å². The molecule has 3 nitrogen and oxygen atoms in total. The van der Waals surface area contributed by atoms with Gasteiger partial charge in [0.15, 0.2) is 5.78 Å². The molecule has 0 aliphatic carbocycles. The molecule has 1 unspecified atom stereocenters. The number of anilines is 1. The summed E-state index contributed by atoms with van der Waals surface area (Å²) < 4.78 is 0.954. The van der Waals surface area contributed by atoms with Gasteiger partial charge in [-0.25, -0.2) is 0 Å². The van der Waals surface area contributed by atoms with Gasteiger partial charge < -0.3 is 9.80 Å². The number of hydrogen-bond donors (Lipinski definition) is 0. The maximum absolute atomic E-state index is 11.8. The number of carbonyl (C=O) groups is 1. The number of ketones is 1. The number of carbonyl (C=O) groups excluding carboxylic acids is 1. The topological polar surface area (TPSA) is 23.6 Å². The van der Waals surface area contributed by atoms with Crippen molar-refractivity contribution in [2.75, 3.05) is 32.1 Å². The Balaban J connectivity index is 2.27. The second kappa shape index (κ2) is 6.06. The standard InChI is InChI=1S/C15H21BrN2O/c1-11(19)14-9-12(16)6-7-15(14)18(3)13-5-4-8-17(2)10-13/h6-7,9,13H,4-5,8,10H2,1-3H3. The second-order valence-corrected chi connectivity index (χ2v) is 6.30. The number of Topliss-reactive ketones (excluding diaryl/α,β-unsaturated/α-hetero) is 1. The minimum Gasteiger partial charge on any atom is -0.370 e. The molecule has 104 valence electrons. The van der Waals surface area contributed by atoms with Crippen molar-refractivity contribution >= 4 is 27.4 Å². The first kappa shape index (κ1) is 14.5. The molecule has 0 saturated carbocycles. The Morgan fingerprint density at radius 3 is 2.84 bits per heavy atom. The molecule has 1 saturated heterocycles. The number of nitrogens with zero attached hydrogens (tertiary/aromatic N) is 2. The van der Waals surface area contributed by atoms with Crippen molar-refractivity contribution in [2.24, 2.45) is 0 Å². The molecule has 0 radical (unpaired) electrons. The van der Waals surface area contributed by atoms with Gasteiger partial charge in [-0.2, -0.15) is 0 Å². The van der Waals surface area contributed by atoms with Gasteiger partial charge in [0.1, 0.15) is 0 Å². The van der Waals surface area contributed by atoms with Crippen LogP contribution in [-0.2, 0) is 0 Å². The number of halogens is 1. The van der Waals surface area contributed by atoms with Crippen LogP contribution in [0.1, 0.15) is 30.1 Å². The molecule has 0 spiro atoms. The predicted molar refractivity (Wildman–Crippen MR) is 83.1 cm³/mol. The van der Waals surface area contributed by atoms with E-state index in [1.807, 2.05) is 18.2 Å². The molecule has 1 aliphatic heterocycles. The lowest BCUT2D eigenvalue weighted by atomic mass is 10.0. The molecular weight excluding hydrogens is 304 g/mol. The zero-order valence-electron chi connectivity index (χ0n) is 11.8. The number of hydrogen-bond acceptors (Lipinski definition) is 3. The van der Waals surface area contributed by atoms with Crippen LogP contribution < -0.4 is 4.90 Å². The molecule has 0 amide bonds. The summed E-state index contributed by atoms with van der Waals surface area (Å²) in [4.78, 5) is 16.4. The molecule has 19 heavy (non-hydrogen) atoms. The van der Waals surface area contributed by atoms with Gasteiger partial charge in [-0.1, -0.05) is 15.9 Å². The van der Waals surface area contributed by atoms with Crippen molar-refractivity contribution in [2.45, 2.75) is 25.8 Å². The quantitative estimate of drug-likeness (QED) is 0.798. The molecule has 1 atom stereocenters. The number of likely N-dealkylation sites (tertiary alicyclic amines) is 1. The van der Waals surface area contributed by atoms with Crippen LogP contribution in [0.2, 0.25) is 0 Å². The molecule has 1 heterocycles. The Morgan fingerprint density at radius 2 is 2.21 bits per heavy atom. The van der Waals surface area contributed by atoms with Crippen molar-refractivity contribution in [1.29, 1.82) is 0 Å². The highest BCUT2D eigenvalue weighted by molar-refractivity contribution is 9.10. The Hall–Kier alpha value is -0.870. The third-order valence-corrected chi connectivity index (χ3v) is 4.36. The molecule has 1 aromatic rings. The summed E-state index contributed by atoms with van der Waals surface area (Å²) in [6, 6.07) is 6.44. The van der Waals surface area contributed by atoms with Crippen LogP contribution in [0.15, 0.2) is 22.7 Å². The number of benzene rings is 1. The lowest BCUT2D eigenvalue weighted by Gasteiger charge is -2.37. The molecule has 0 bridgehead atoms. The SMILES string of the molecule is CC(=O)c1cc(Br)ccc1N(C)C1CCCN(C)C1. The van der Waals surface area contributed by atoms with Gasteiger partial charge in [-0.05, 0) is 51.6 Å². The molecule has 0 aromatic heterocycles. The largest absolute Gasteiger partial charge is 0.370 e. The van der Waals surface area contributed by atoms with Crippen molar-refractivity contribution in [3.05, 3.63) is 28.2 Å². The van der Waals surface area contributed by atoms with Gasteiger partial charge in [0.05, 0.1) is 0 Å². The maximum Gasteiger partial charge on any atom is 0.161 e. The molecule has 1 aliphatic rings. The van der Waals surface area contributed by atoms with E-state index in [0.717, 1.165) is 22.3 Å². The van der Waals surface area contributed by atoms with Gasteiger partial charge in [-0.15, -0.1) is 0 Å². The van der Waals surface area contributed by atoms with Crippen LogP contribution in [0.4, 0.5) is 5.69 Å². The Bertz CT molecular complexity index is 475. The van der Waals surface area contributed by atoms with Crippen LogP contribution >= 0.6 is 15.9 Å². The van der Waals surface area contributed by atoms with E-state index in [2.05, 4.69) is 39.8 Å². The summed E-state index contributed by atoms with van der Waals surface area (Å²) in [6.45, 7) is 3.86. The van der Waals surface area contributed by atoms with Crippen LogP contribution in [0.25, 0.3) is 0 Å². The monoisotopic (exact) mass is 324 g/mol. The van der Waals surface area contributed by atoms with E-state index in [9.17, 15) is 4.79 Å². The van der Waals surface area contributed by atoms with Gasteiger partial charge in [0.25, 0.3) is 0 Å². The van der Waals surface area contributed by atoms with E-state index in [1.165, 1.54) is 19.4 Å². The molecule has 2 rings (SSSR count). The first-order valence-electron chi connectivity index (χ1n) is 6.71. The van der Waals surface area contributed by atoms with Crippen LogP contribution in [0.3, 0.4) is 0 Å². The highest BCUT2D eigenvalue weighted by Gasteiger charge is 2.23. The first-order valence-corrected chi connectivity index (χ1v) is 7.50. The summed E-state index contributed by atoms with van der Waals surface area (Å²) in [5.74, 6) is 0.118. The zero-order valence-corrected chi connectivity index (χ0v) is 13.4. The molecule has 1 aromatic carbocycles. The molecule has 0 N–H and O–H groups in total. The third-order valence-electron chi connectivity index (χ3n) is 3.87. The average molecular weight is 325 g/mol. The van der Waals surface area contributed by atoms with E-state index < -0.39 is 0 Å². The van der Waals surface area contributed by atoms with Crippen LogP contribution in [0, 0.1) is 0 Å². The molecular formula is C15H21BrN2O. The summed E-state index contributed by atoms with van der Waals surface area (Å²) in [7, 11) is 4.26. The summed E-state index contributed by atoms with van der Waals surface area (Å²) in [6.07, 6.45) is 2.41. The van der Waals surface area contributed by atoms with E-state index in [0.29, 0.717) is 6.04 Å². The Morgan fingerprint density at radius 1 is 1.47 bits per heavy atom. The number of likely N-dealkylation sites (N-methyl/N-ethyl adjacent to an activating group) is 2. The Labute approximate surface area is 123 Å². The number of piperidine rings is 1. The average Bonchev–Trinajstić information content (AvgIpc) is 2.37. The lowest BCUT2D eigenvalue weighted by Crippen LogP contribution is -2.45. The fourth-order valence-electron chi connectivity index (χ4n) is 2.75. The predicted octanol–water partition coefficient (Wildman–Crippen LogP) is 3.18. The fraction of sp³-hybridized carbons (Fsp3) is 0.533. The van der Waals surface area contributed by atoms with E-state index in [-0.39, 0.29) is 5.78 Å². The second-order valence-electron chi connectivity index (χ2n) is 5.39. The van der Waals surface area contributed by atoms with E-state index in [1.54, 1.807) is 6.92 Å². The molecule has 1 fully saturated rings. The minimum atomic E-state index is 0.118. The van der Waals surface area contributed by atoms with Gasteiger partial charge in [-0.3, -0.25) is 4.79 Å².